The Morgan fingerprint density at radius 3 is 2.51 bits per heavy atom. The molecule has 284 valence electrons. The molecule has 1 saturated carbocycles. The molecular weight excluding hydrogens is 682 g/mol. The number of methoxy groups -OCH3 is 1. The summed E-state index contributed by atoms with van der Waals surface area (Å²) in [5.74, 6) is -2.88. The largest absolute Gasteiger partial charge is 0.496 e. The molecule has 0 unspecified atom stereocenters. The van der Waals surface area contributed by atoms with E-state index in [1.807, 2.05) is 24.3 Å². The van der Waals surface area contributed by atoms with Crippen LogP contribution in [0.2, 0.25) is 0 Å². The number of nitrogens with one attached hydrogen (secondary N) is 2. The van der Waals surface area contributed by atoms with Gasteiger partial charge in [0.15, 0.2) is 0 Å². The number of hydrogen-bond donors (Lipinski definition) is 4. The maximum absolute atomic E-state index is 14.9. The highest BCUT2D eigenvalue weighted by Gasteiger charge is 2.49. The number of nitrogens with two attached hydrogens (primary N) is 1. The molecular formula is C38H49N7O8. The Labute approximate surface area is 307 Å². The molecule has 0 radical (unpaired) electrons. The van der Waals surface area contributed by atoms with Gasteiger partial charge in [0.2, 0.25) is 17.6 Å². The zero-order valence-corrected chi connectivity index (χ0v) is 30.5. The Morgan fingerprint density at radius 2 is 1.83 bits per heavy atom. The number of ether oxygens (including phenoxy) is 2. The molecule has 0 spiro atoms. The third-order valence-corrected chi connectivity index (χ3v) is 11.0. The zero-order chi connectivity index (χ0) is 37.9. The maximum Gasteiger partial charge on any atom is 0.287 e. The molecule has 6 rings (SSSR count). The number of fused-ring (bicyclic) bond motifs is 1. The van der Waals surface area contributed by atoms with Crippen LogP contribution in [0.1, 0.15) is 93.7 Å². The number of primary amides is 1. The third-order valence-electron chi connectivity index (χ3n) is 11.0. The highest BCUT2D eigenvalue weighted by atomic mass is 16.5. The van der Waals surface area contributed by atoms with Gasteiger partial charge in [-0.2, -0.15) is 0 Å². The molecule has 15 heteroatoms. The van der Waals surface area contributed by atoms with Crippen molar-refractivity contribution in [2.45, 2.75) is 101 Å². The van der Waals surface area contributed by atoms with E-state index in [4.69, 9.17) is 15.2 Å². The second kappa shape index (κ2) is 15.6. The van der Waals surface area contributed by atoms with Gasteiger partial charge in [-0.25, -0.2) is 4.68 Å². The van der Waals surface area contributed by atoms with Crippen LogP contribution in [0.4, 0.5) is 0 Å². The second-order valence-corrected chi connectivity index (χ2v) is 15.1. The molecule has 2 saturated heterocycles. The van der Waals surface area contributed by atoms with E-state index in [1.54, 1.807) is 33.1 Å². The first-order valence-electron chi connectivity index (χ1n) is 18.4. The number of rotatable bonds is 12. The minimum atomic E-state index is -1.59. The minimum Gasteiger partial charge on any atom is -0.496 e. The van der Waals surface area contributed by atoms with Gasteiger partial charge in [-0.15, -0.1) is 5.10 Å². The Bertz CT molecular complexity index is 1860. The summed E-state index contributed by atoms with van der Waals surface area (Å²) in [6.45, 7) is 3.44. The van der Waals surface area contributed by atoms with Gasteiger partial charge in [-0.1, -0.05) is 55.5 Å². The molecule has 1 aromatic heterocycles. The molecule has 53 heavy (non-hydrogen) atoms. The average molecular weight is 732 g/mol. The lowest BCUT2D eigenvalue weighted by Gasteiger charge is -2.37. The summed E-state index contributed by atoms with van der Waals surface area (Å²) in [4.78, 5) is 70.0. The van der Waals surface area contributed by atoms with Gasteiger partial charge in [-0.05, 0) is 49.8 Å². The van der Waals surface area contributed by atoms with Crippen LogP contribution in [0.5, 0.6) is 5.75 Å². The van der Waals surface area contributed by atoms with Gasteiger partial charge in [0.05, 0.1) is 25.0 Å². The Hall–Kier alpha value is -4.89. The predicted octanol–water partition coefficient (Wildman–Crippen LogP) is 2.30. The van der Waals surface area contributed by atoms with Crippen LogP contribution in [-0.2, 0) is 29.5 Å². The first-order chi connectivity index (χ1) is 25.3. The summed E-state index contributed by atoms with van der Waals surface area (Å²) >= 11 is 0. The normalized spacial score (nSPS) is 21.2. The number of likely N-dealkylation sites (tertiary alicyclic amines) is 1. The summed E-state index contributed by atoms with van der Waals surface area (Å²) in [7, 11) is 1.56. The van der Waals surface area contributed by atoms with Crippen molar-refractivity contribution >= 4 is 40.2 Å². The zero-order valence-electron chi connectivity index (χ0n) is 30.5. The van der Waals surface area contributed by atoms with Gasteiger partial charge in [0, 0.05) is 50.0 Å². The van der Waals surface area contributed by atoms with Crippen molar-refractivity contribution in [2.75, 3.05) is 26.9 Å². The van der Waals surface area contributed by atoms with E-state index in [9.17, 15) is 29.1 Å². The van der Waals surface area contributed by atoms with Crippen molar-refractivity contribution in [3.05, 3.63) is 53.9 Å². The molecule has 3 atom stereocenters. The Morgan fingerprint density at radius 1 is 1.09 bits per heavy atom. The van der Waals surface area contributed by atoms with Crippen LogP contribution in [-0.4, -0.2) is 98.9 Å². The summed E-state index contributed by atoms with van der Waals surface area (Å²) in [5, 5.41) is 26.6. The molecule has 1 aliphatic carbocycles. The lowest BCUT2D eigenvalue weighted by Crippen LogP contribution is -2.64. The number of ketones is 1. The van der Waals surface area contributed by atoms with Crippen molar-refractivity contribution in [1.29, 1.82) is 0 Å². The van der Waals surface area contributed by atoms with Crippen LogP contribution in [0.3, 0.4) is 0 Å². The van der Waals surface area contributed by atoms with Gasteiger partial charge < -0.3 is 35.8 Å². The van der Waals surface area contributed by atoms with E-state index in [2.05, 4.69) is 20.9 Å². The van der Waals surface area contributed by atoms with E-state index in [1.165, 1.54) is 15.8 Å². The SMILES string of the molecule is COc1cccc2ccc(C(=O)N[C@H](CC3CCCCC3)C(=O)N3C[C@@H](n4nncc4C(C)(C)O)C[C@H]3C(=O)NC3(C(=O)C(N)=O)CCOCC3)cc12. The minimum absolute atomic E-state index is 0.00739. The maximum atomic E-state index is 14.9. The molecule has 3 fully saturated rings. The van der Waals surface area contributed by atoms with Crippen LogP contribution in [0, 0.1) is 5.92 Å². The van der Waals surface area contributed by atoms with Gasteiger partial charge in [0.1, 0.15) is 29.0 Å². The van der Waals surface area contributed by atoms with Crippen molar-refractivity contribution < 1.29 is 38.6 Å². The molecule has 2 aromatic carbocycles. The number of nitrogens with zero attached hydrogens (tertiary/aromatic N) is 4. The smallest absolute Gasteiger partial charge is 0.287 e. The summed E-state index contributed by atoms with van der Waals surface area (Å²) in [6, 6.07) is 8.17. The highest BCUT2D eigenvalue weighted by molar-refractivity contribution is 6.39. The number of carbonyl (C=O) groups is 5. The first kappa shape index (κ1) is 37.9. The van der Waals surface area contributed by atoms with E-state index in [0.29, 0.717) is 23.4 Å². The fourth-order valence-corrected chi connectivity index (χ4v) is 8.10. The summed E-state index contributed by atoms with van der Waals surface area (Å²) in [6.07, 6.45) is 6.91. The number of hydrogen-bond acceptors (Lipinski definition) is 10. The van der Waals surface area contributed by atoms with E-state index < -0.39 is 58.7 Å². The number of amides is 4. The fourth-order valence-electron chi connectivity index (χ4n) is 8.10. The van der Waals surface area contributed by atoms with Crippen LogP contribution < -0.4 is 21.1 Å². The van der Waals surface area contributed by atoms with Crippen molar-refractivity contribution in [3.8, 4) is 5.75 Å². The van der Waals surface area contributed by atoms with Crippen LogP contribution in [0.15, 0.2) is 42.6 Å². The quantitative estimate of drug-likeness (QED) is 0.200. The summed E-state index contributed by atoms with van der Waals surface area (Å²) in [5.41, 5.74) is 3.25. The standard InChI is InChI=1S/C38H49N7O8/c1-37(2,51)31-21-40-43-45(31)26-20-29(35(49)42-38(32(46)33(39)47)14-16-53-17-15-38)44(22-26)36(50)28(18-23-8-5-4-6-9-23)41-34(48)25-13-12-24-10-7-11-30(52-3)27(24)19-25/h7,10-13,19,21,23,26,28-29,51H,4-6,8-9,14-18,20,22H2,1-3H3,(H2,39,47)(H,41,48)(H,42,49)/t26-,28+,29-/m0/s1. The highest BCUT2D eigenvalue weighted by Crippen LogP contribution is 2.35. The topological polar surface area (TPSA) is 208 Å². The molecule has 4 amide bonds. The molecule has 3 heterocycles. The lowest BCUT2D eigenvalue weighted by molar-refractivity contribution is -0.147. The number of benzene rings is 2. The molecule has 5 N–H and O–H groups in total. The molecule has 15 nitrogen and oxygen atoms in total. The van der Waals surface area contributed by atoms with E-state index >= 15 is 0 Å². The monoisotopic (exact) mass is 731 g/mol. The van der Waals surface area contributed by atoms with Crippen LogP contribution in [0.25, 0.3) is 10.8 Å². The van der Waals surface area contributed by atoms with Crippen molar-refractivity contribution in [2.24, 2.45) is 11.7 Å². The predicted molar refractivity (Wildman–Crippen MR) is 192 cm³/mol. The molecule has 3 aromatic rings. The first-order valence-corrected chi connectivity index (χ1v) is 18.4. The Kier molecular flexibility index (Phi) is 11.1. The number of carbonyl (C=O) groups excluding carboxylic acids is 5. The van der Waals surface area contributed by atoms with Gasteiger partial charge in [-0.3, -0.25) is 24.0 Å². The van der Waals surface area contributed by atoms with Gasteiger partial charge >= 0.3 is 0 Å². The van der Waals surface area contributed by atoms with Crippen LogP contribution >= 0.6 is 0 Å². The van der Waals surface area contributed by atoms with E-state index in [0.717, 1.165) is 42.9 Å². The average Bonchev–Trinajstić information content (AvgIpc) is 3.83. The third kappa shape index (κ3) is 8.05. The summed E-state index contributed by atoms with van der Waals surface area (Å²) < 4.78 is 12.5. The lowest BCUT2D eigenvalue weighted by atomic mass is 9.84. The van der Waals surface area contributed by atoms with Crippen molar-refractivity contribution in [1.82, 2.24) is 30.5 Å². The fraction of sp³-hybridized carbons (Fsp3) is 0.553. The Balaban J connectivity index is 1.34. The second-order valence-electron chi connectivity index (χ2n) is 15.1. The molecule has 3 aliphatic rings. The van der Waals surface area contributed by atoms with E-state index in [-0.39, 0.29) is 44.9 Å². The number of Topliss-reactive ketones (excluding diaryl/α,β-unsaturated/α-hetero) is 1. The molecule has 0 bridgehead atoms. The number of aromatic nitrogens is 3. The van der Waals surface area contributed by atoms with Gasteiger partial charge in [0.25, 0.3) is 11.8 Å². The van der Waals surface area contributed by atoms with Crippen molar-refractivity contribution in [3.63, 3.8) is 0 Å². The number of aliphatic hydroxyl groups is 1. The molecule has 2 aliphatic heterocycles.